The van der Waals surface area contributed by atoms with E-state index in [2.05, 4.69) is 20.4 Å². The van der Waals surface area contributed by atoms with E-state index in [0.29, 0.717) is 28.1 Å². The number of rotatable bonds is 5. The Hall–Kier alpha value is -2.93. The van der Waals surface area contributed by atoms with Crippen LogP contribution in [0, 0.1) is 0 Å². The predicted molar refractivity (Wildman–Crippen MR) is 94.5 cm³/mol. The van der Waals surface area contributed by atoms with Gasteiger partial charge in [0.15, 0.2) is 0 Å². The van der Waals surface area contributed by atoms with E-state index in [0.717, 1.165) is 5.56 Å². The molecule has 25 heavy (non-hydrogen) atoms. The van der Waals surface area contributed by atoms with Gasteiger partial charge in [0.2, 0.25) is 11.7 Å². The van der Waals surface area contributed by atoms with Crippen LogP contribution in [0.4, 0.5) is 5.82 Å². The largest absolute Gasteiger partial charge is 0.362 e. The first-order valence-corrected chi connectivity index (χ1v) is 7.91. The zero-order chi connectivity index (χ0) is 17.8. The molecule has 1 amide bonds. The molecule has 8 heteroatoms. The lowest BCUT2D eigenvalue weighted by atomic mass is 10.2. The molecule has 2 heterocycles. The zero-order valence-electron chi connectivity index (χ0n) is 13.7. The van der Waals surface area contributed by atoms with E-state index in [4.69, 9.17) is 16.1 Å². The van der Waals surface area contributed by atoms with Gasteiger partial charge in [-0.2, -0.15) is 4.98 Å². The Morgan fingerprint density at radius 1 is 1.28 bits per heavy atom. The third kappa shape index (κ3) is 3.95. The second kappa shape index (κ2) is 7.31. The quantitative estimate of drug-likeness (QED) is 0.755. The number of hydrogen-bond donors (Lipinski definition) is 1. The molecule has 1 aromatic carbocycles. The Balaban J connectivity index is 1.70. The van der Waals surface area contributed by atoms with E-state index in [1.54, 1.807) is 41.4 Å². The van der Waals surface area contributed by atoms with Gasteiger partial charge >= 0.3 is 0 Å². The minimum atomic E-state index is -0.265. The molecule has 3 rings (SSSR count). The van der Waals surface area contributed by atoms with Crippen LogP contribution in [0.5, 0.6) is 0 Å². The Kier molecular flexibility index (Phi) is 4.95. The van der Waals surface area contributed by atoms with E-state index in [1.165, 1.54) is 0 Å². The second-order valence-electron chi connectivity index (χ2n) is 5.47. The van der Waals surface area contributed by atoms with Gasteiger partial charge < -0.3 is 14.7 Å². The molecule has 0 bridgehead atoms. The van der Waals surface area contributed by atoms with Crippen molar-refractivity contribution in [3.8, 4) is 11.4 Å². The molecular weight excluding hydrogens is 342 g/mol. The number of nitrogens with zero attached hydrogens (tertiary/aromatic N) is 4. The van der Waals surface area contributed by atoms with Crippen LogP contribution in [0.25, 0.3) is 11.4 Å². The highest BCUT2D eigenvalue weighted by Gasteiger charge is 2.15. The van der Waals surface area contributed by atoms with Crippen molar-refractivity contribution in [3.05, 3.63) is 59.1 Å². The summed E-state index contributed by atoms with van der Waals surface area (Å²) in [6.45, 7) is 0.119. The monoisotopic (exact) mass is 357 g/mol. The fourth-order valence-corrected chi connectivity index (χ4v) is 2.44. The average Bonchev–Trinajstić information content (AvgIpc) is 3.08. The van der Waals surface area contributed by atoms with Gasteiger partial charge in [0.25, 0.3) is 5.91 Å². The van der Waals surface area contributed by atoms with Crippen LogP contribution in [0.1, 0.15) is 16.2 Å². The van der Waals surface area contributed by atoms with Crippen molar-refractivity contribution in [3.63, 3.8) is 0 Å². The molecule has 1 N–H and O–H groups in total. The normalized spacial score (nSPS) is 10.5. The number of pyridine rings is 1. The van der Waals surface area contributed by atoms with E-state index < -0.39 is 0 Å². The van der Waals surface area contributed by atoms with Crippen LogP contribution in [0.2, 0.25) is 5.02 Å². The Morgan fingerprint density at radius 3 is 2.88 bits per heavy atom. The standard InChI is InChI=1S/C17H16ClN5O2/c1-23(2)16-13(7-4-8-19-16)17(24)20-10-14-21-15(22-25-14)11-5-3-6-12(18)9-11/h3-9H,10H2,1-2H3,(H,20,24). The molecule has 0 aliphatic heterocycles. The molecule has 0 aliphatic carbocycles. The van der Waals surface area contributed by atoms with Gasteiger partial charge in [0.1, 0.15) is 5.82 Å². The fraction of sp³-hybridized carbons (Fsp3) is 0.176. The summed E-state index contributed by atoms with van der Waals surface area (Å²) in [6, 6.07) is 10.6. The molecule has 0 atom stereocenters. The topological polar surface area (TPSA) is 84.2 Å². The first-order chi connectivity index (χ1) is 12.0. The first-order valence-electron chi connectivity index (χ1n) is 7.53. The van der Waals surface area contributed by atoms with Crippen molar-refractivity contribution >= 4 is 23.3 Å². The van der Waals surface area contributed by atoms with E-state index in [-0.39, 0.29) is 12.5 Å². The lowest BCUT2D eigenvalue weighted by Crippen LogP contribution is -2.26. The van der Waals surface area contributed by atoms with Crippen LogP contribution in [0.15, 0.2) is 47.1 Å². The lowest BCUT2D eigenvalue weighted by molar-refractivity contribution is 0.0946. The maximum Gasteiger partial charge on any atom is 0.255 e. The number of carbonyl (C=O) groups is 1. The van der Waals surface area contributed by atoms with Gasteiger partial charge in [-0.15, -0.1) is 0 Å². The highest BCUT2D eigenvalue weighted by molar-refractivity contribution is 6.30. The van der Waals surface area contributed by atoms with Gasteiger partial charge in [0, 0.05) is 30.9 Å². The summed E-state index contributed by atoms with van der Waals surface area (Å²) in [6.07, 6.45) is 1.64. The number of amides is 1. The maximum absolute atomic E-state index is 12.4. The van der Waals surface area contributed by atoms with Crippen LogP contribution >= 0.6 is 11.6 Å². The number of aromatic nitrogens is 3. The van der Waals surface area contributed by atoms with Crippen molar-refractivity contribution in [2.45, 2.75) is 6.54 Å². The number of halogens is 1. The summed E-state index contributed by atoms with van der Waals surface area (Å²) in [5.41, 5.74) is 1.22. The SMILES string of the molecule is CN(C)c1ncccc1C(=O)NCc1nc(-c2cccc(Cl)c2)no1. The van der Waals surface area contributed by atoms with Gasteiger partial charge in [0.05, 0.1) is 12.1 Å². The number of hydrogen-bond acceptors (Lipinski definition) is 6. The zero-order valence-corrected chi connectivity index (χ0v) is 14.5. The van der Waals surface area contributed by atoms with E-state index in [1.807, 2.05) is 20.2 Å². The van der Waals surface area contributed by atoms with Crippen molar-refractivity contribution in [2.24, 2.45) is 0 Å². The maximum atomic E-state index is 12.4. The molecule has 3 aromatic rings. The molecule has 0 aliphatic rings. The molecule has 0 saturated heterocycles. The van der Waals surface area contributed by atoms with E-state index >= 15 is 0 Å². The Bertz CT molecular complexity index is 894. The number of anilines is 1. The van der Waals surface area contributed by atoms with Crippen molar-refractivity contribution < 1.29 is 9.32 Å². The summed E-state index contributed by atoms with van der Waals surface area (Å²) in [4.78, 5) is 22.6. The smallest absolute Gasteiger partial charge is 0.255 e. The van der Waals surface area contributed by atoms with Gasteiger partial charge in [-0.25, -0.2) is 4.98 Å². The molecule has 0 radical (unpaired) electrons. The summed E-state index contributed by atoms with van der Waals surface area (Å²) >= 11 is 5.96. The average molecular weight is 358 g/mol. The molecule has 0 saturated carbocycles. The Labute approximate surface area is 149 Å². The third-order valence-electron chi connectivity index (χ3n) is 3.41. The first kappa shape index (κ1) is 16.9. The minimum absolute atomic E-state index is 0.119. The number of nitrogens with one attached hydrogen (secondary N) is 1. The van der Waals surface area contributed by atoms with Gasteiger partial charge in [-0.1, -0.05) is 28.9 Å². The summed E-state index contributed by atoms with van der Waals surface area (Å²) < 4.78 is 5.18. The Morgan fingerprint density at radius 2 is 2.12 bits per heavy atom. The third-order valence-corrected chi connectivity index (χ3v) is 3.64. The molecule has 2 aromatic heterocycles. The van der Waals surface area contributed by atoms with Crippen LogP contribution in [0.3, 0.4) is 0 Å². The highest BCUT2D eigenvalue weighted by atomic mass is 35.5. The number of benzene rings is 1. The van der Waals surface area contributed by atoms with Gasteiger partial charge in [-0.3, -0.25) is 4.79 Å². The molecule has 0 spiro atoms. The van der Waals surface area contributed by atoms with Crippen LogP contribution in [-0.2, 0) is 6.54 Å². The highest BCUT2D eigenvalue weighted by Crippen LogP contribution is 2.20. The summed E-state index contributed by atoms with van der Waals surface area (Å²) in [5.74, 6) is 1.05. The van der Waals surface area contributed by atoms with Crippen molar-refractivity contribution in [1.29, 1.82) is 0 Å². The summed E-state index contributed by atoms with van der Waals surface area (Å²) in [5, 5.41) is 7.25. The minimum Gasteiger partial charge on any atom is -0.362 e. The molecule has 0 fully saturated rings. The molecule has 7 nitrogen and oxygen atoms in total. The molecule has 0 unspecified atom stereocenters. The number of carbonyl (C=O) groups excluding carboxylic acids is 1. The molecular formula is C17H16ClN5O2. The van der Waals surface area contributed by atoms with Crippen molar-refractivity contribution in [1.82, 2.24) is 20.4 Å². The lowest BCUT2D eigenvalue weighted by Gasteiger charge is -2.14. The second-order valence-corrected chi connectivity index (χ2v) is 5.91. The van der Waals surface area contributed by atoms with Crippen molar-refractivity contribution in [2.75, 3.05) is 19.0 Å². The van der Waals surface area contributed by atoms with Crippen LogP contribution < -0.4 is 10.2 Å². The summed E-state index contributed by atoms with van der Waals surface area (Å²) in [7, 11) is 3.66. The van der Waals surface area contributed by atoms with E-state index in [9.17, 15) is 4.79 Å². The van der Waals surface area contributed by atoms with Gasteiger partial charge in [-0.05, 0) is 24.3 Å². The molecule has 128 valence electrons. The van der Waals surface area contributed by atoms with Crippen LogP contribution in [-0.4, -0.2) is 35.1 Å². The fourth-order valence-electron chi connectivity index (χ4n) is 2.25. The predicted octanol–water partition coefficient (Wildman–Crippen LogP) is 2.78.